The molecule has 0 spiro atoms. The summed E-state index contributed by atoms with van der Waals surface area (Å²) in [5.41, 5.74) is 1.14. The van der Waals surface area contributed by atoms with Gasteiger partial charge in [-0.05, 0) is 50.6 Å². The fraction of sp³-hybridized carbons (Fsp3) is 0.381. The van der Waals surface area contributed by atoms with E-state index in [9.17, 15) is 4.79 Å². The molecule has 0 atom stereocenters. The quantitative estimate of drug-likeness (QED) is 0.614. The summed E-state index contributed by atoms with van der Waals surface area (Å²) in [4.78, 5) is 12.6. The monoisotopic (exact) mass is 357 g/mol. The lowest BCUT2D eigenvalue weighted by Crippen LogP contribution is -2.13. The molecule has 0 aromatic heterocycles. The highest BCUT2D eigenvalue weighted by atomic mass is 16.5. The van der Waals surface area contributed by atoms with Crippen molar-refractivity contribution >= 4 is 11.6 Å². The summed E-state index contributed by atoms with van der Waals surface area (Å²) in [6.07, 6.45) is 2.03. The Labute approximate surface area is 155 Å². The predicted octanol–water partition coefficient (Wildman–Crippen LogP) is 4.92. The number of anilines is 1. The SMILES string of the molecule is CCCCOc1ccc(C(=O)Nc2ccccc2OCC)cc1OCC. The third-order valence-corrected chi connectivity index (χ3v) is 3.70. The largest absolute Gasteiger partial charge is 0.492 e. The molecule has 0 saturated heterocycles. The highest BCUT2D eigenvalue weighted by Crippen LogP contribution is 2.30. The van der Waals surface area contributed by atoms with Crippen molar-refractivity contribution in [1.29, 1.82) is 0 Å². The van der Waals surface area contributed by atoms with Crippen molar-refractivity contribution in [2.75, 3.05) is 25.1 Å². The Morgan fingerprint density at radius 2 is 1.62 bits per heavy atom. The van der Waals surface area contributed by atoms with Gasteiger partial charge < -0.3 is 19.5 Å². The number of carbonyl (C=O) groups is 1. The molecular weight excluding hydrogens is 330 g/mol. The molecule has 0 bridgehead atoms. The smallest absolute Gasteiger partial charge is 0.255 e. The molecule has 1 N–H and O–H groups in total. The van der Waals surface area contributed by atoms with Crippen LogP contribution in [-0.4, -0.2) is 25.7 Å². The third-order valence-electron chi connectivity index (χ3n) is 3.70. The number of carbonyl (C=O) groups excluding carboxylic acids is 1. The van der Waals surface area contributed by atoms with Crippen LogP contribution in [0.25, 0.3) is 0 Å². The first-order chi connectivity index (χ1) is 12.7. The van der Waals surface area contributed by atoms with Gasteiger partial charge in [0.2, 0.25) is 0 Å². The standard InChI is InChI=1S/C21H27NO4/c1-4-7-14-26-19-13-12-16(15-20(19)25-6-3)21(23)22-17-10-8-9-11-18(17)24-5-2/h8-13,15H,4-7,14H2,1-3H3,(H,22,23). The Morgan fingerprint density at radius 1 is 0.885 bits per heavy atom. The van der Waals surface area contributed by atoms with Crippen LogP contribution in [0.5, 0.6) is 17.2 Å². The molecule has 0 saturated carbocycles. The van der Waals surface area contributed by atoms with Crippen LogP contribution in [0, 0.1) is 0 Å². The molecule has 0 unspecified atom stereocenters. The van der Waals surface area contributed by atoms with E-state index in [1.165, 1.54) is 0 Å². The maximum atomic E-state index is 12.6. The second-order valence-electron chi connectivity index (χ2n) is 5.68. The van der Waals surface area contributed by atoms with Crippen LogP contribution >= 0.6 is 0 Å². The minimum absolute atomic E-state index is 0.224. The van der Waals surface area contributed by atoms with Crippen LogP contribution < -0.4 is 19.5 Å². The number of amides is 1. The Bertz CT molecular complexity index is 715. The number of para-hydroxylation sites is 2. The number of unbranched alkanes of at least 4 members (excludes halogenated alkanes) is 1. The number of hydrogen-bond donors (Lipinski definition) is 1. The zero-order valence-electron chi connectivity index (χ0n) is 15.7. The minimum Gasteiger partial charge on any atom is -0.492 e. The van der Waals surface area contributed by atoms with Crippen molar-refractivity contribution in [1.82, 2.24) is 0 Å². The van der Waals surface area contributed by atoms with Crippen LogP contribution in [0.2, 0.25) is 0 Å². The van der Waals surface area contributed by atoms with Gasteiger partial charge in [-0.3, -0.25) is 4.79 Å². The summed E-state index contributed by atoms with van der Waals surface area (Å²) in [5.74, 6) is 1.66. The molecule has 0 fully saturated rings. The van der Waals surface area contributed by atoms with E-state index in [4.69, 9.17) is 14.2 Å². The van der Waals surface area contributed by atoms with Gasteiger partial charge in [-0.2, -0.15) is 0 Å². The molecule has 0 aliphatic heterocycles. The van der Waals surface area contributed by atoms with E-state index >= 15 is 0 Å². The molecular formula is C21H27NO4. The van der Waals surface area contributed by atoms with Crippen molar-refractivity contribution < 1.29 is 19.0 Å². The lowest BCUT2D eigenvalue weighted by Gasteiger charge is -2.14. The second-order valence-corrected chi connectivity index (χ2v) is 5.68. The lowest BCUT2D eigenvalue weighted by atomic mass is 10.1. The first-order valence-electron chi connectivity index (χ1n) is 9.12. The minimum atomic E-state index is -0.224. The molecule has 0 aliphatic rings. The van der Waals surface area contributed by atoms with Crippen LogP contribution in [0.15, 0.2) is 42.5 Å². The molecule has 5 heteroatoms. The number of hydrogen-bond acceptors (Lipinski definition) is 4. The Morgan fingerprint density at radius 3 is 2.35 bits per heavy atom. The summed E-state index contributed by atoms with van der Waals surface area (Å²) in [6.45, 7) is 7.59. The average molecular weight is 357 g/mol. The number of nitrogens with one attached hydrogen (secondary N) is 1. The maximum absolute atomic E-state index is 12.6. The van der Waals surface area contributed by atoms with E-state index < -0.39 is 0 Å². The number of ether oxygens (including phenoxy) is 3. The third kappa shape index (κ3) is 5.41. The topological polar surface area (TPSA) is 56.8 Å². The van der Waals surface area contributed by atoms with E-state index in [2.05, 4.69) is 12.2 Å². The van der Waals surface area contributed by atoms with Gasteiger partial charge in [0.15, 0.2) is 11.5 Å². The summed E-state index contributed by atoms with van der Waals surface area (Å²) in [7, 11) is 0. The van der Waals surface area contributed by atoms with Crippen LogP contribution in [0.4, 0.5) is 5.69 Å². The first kappa shape index (κ1) is 19.6. The number of benzene rings is 2. The molecule has 0 aliphatic carbocycles. The van der Waals surface area contributed by atoms with Crippen LogP contribution in [0.1, 0.15) is 44.0 Å². The highest BCUT2D eigenvalue weighted by molar-refractivity contribution is 6.05. The Hall–Kier alpha value is -2.69. The highest BCUT2D eigenvalue weighted by Gasteiger charge is 2.13. The van der Waals surface area contributed by atoms with Crippen molar-refractivity contribution in [2.45, 2.75) is 33.6 Å². The van der Waals surface area contributed by atoms with E-state index in [0.29, 0.717) is 48.3 Å². The molecule has 2 rings (SSSR count). The normalized spacial score (nSPS) is 10.3. The zero-order valence-corrected chi connectivity index (χ0v) is 15.7. The van der Waals surface area contributed by atoms with Gasteiger partial charge in [0.25, 0.3) is 5.91 Å². The average Bonchev–Trinajstić information content (AvgIpc) is 2.65. The van der Waals surface area contributed by atoms with Gasteiger partial charge in [0, 0.05) is 5.56 Å². The predicted molar refractivity (Wildman–Crippen MR) is 104 cm³/mol. The van der Waals surface area contributed by atoms with Crippen molar-refractivity contribution in [3.63, 3.8) is 0 Å². The van der Waals surface area contributed by atoms with Crippen molar-refractivity contribution in [3.05, 3.63) is 48.0 Å². The zero-order chi connectivity index (χ0) is 18.8. The Balaban J connectivity index is 2.17. The van der Waals surface area contributed by atoms with E-state index in [1.807, 2.05) is 38.1 Å². The van der Waals surface area contributed by atoms with Crippen LogP contribution in [-0.2, 0) is 0 Å². The van der Waals surface area contributed by atoms with Crippen molar-refractivity contribution in [3.8, 4) is 17.2 Å². The Kier molecular flexibility index (Phi) is 7.80. The van der Waals surface area contributed by atoms with Gasteiger partial charge in [0.1, 0.15) is 5.75 Å². The molecule has 26 heavy (non-hydrogen) atoms. The number of rotatable bonds is 10. The van der Waals surface area contributed by atoms with Gasteiger partial charge in [-0.1, -0.05) is 25.5 Å². The molecule has 140 valence electrons. The summed E-state index contributed by atoms with van der Waals surface area (Å²) in [6, 6.07) is 12.6. The molecule has 0 heterocycles. The van der Waals surface area contributed by atoms with E-state index in [0.717, 1.165) is 12.8 Å². The van der Waals surface area contributed by atoms with Crippen LogP contribution in [0.3, 0.4) is 0 Å². The second kappa shape index (κ2) is 10.3. The fourth-order valence-electron chi connectivity index (χ4n) is 2.41. The van der Waals surface area contributed by atoms with E-state index in [1.54, 1.807) is 18.2 Å². The molecule has 2 aromatic rings. The first-order valence-corrected chi connectivity index (χ1v) is 9.12. The van der Waals surface area contributed by atoms with Gasteiger partial charge >= 0.3 is 0 Å². The molecule has 2 aromatic carbocycles. The summed E-state index contributed by atoms with van der Waals surface area (Å²) < 4.78 is 16.9. The molecule has 1 amide bonds. The summed E-state index contributed by atoms with van der Waals surface area (Å²) in [5, 5.41) is 2.89. The lowest BCUT2D eigenvalue weighted by molar-refractivity contribution is 0.102. The van der Waals surface area contributed by atoms with Crippen molar-refractivity contribution in [2.24, 2.45) is 0 Å². The fourth-order valence-corrected chi connectivity index (χ4v) is 2.41. The maximum Gasteiger partial charge on any atom is 0.255 e. The van der Waals surface area contributed by atoms with E-state index in [-0.39, 0.29) is 5.91 Å². The van der Waals surface area contributed by atoms with Gasteiger partial charge in [-0.25, -0.2) is 0 Å². The van der Waals surface area contributed by atoms with Gasteiger partial charge in [0.05, 0.1) is 25.5 Å². The van der Waals surface area contributed by atoms with Gasteiger partial charge in [-0.15, -0.1) is 0 Å². The molecule has 5 nitrogen and oxygen atoms in total. The summed E-state index contributed by atoms with van der Waals surface area (Å²) >= 11 is 0. The molecule has 0 radical (unpaired) electrons.